The van der Waals surface area contributed by atoms with Crippen molar-refractivity contribution in [3.05, 3.63) is 35.9 Å². The van der Waals surface area contributed by atoms with Gasteiger partial charge in [-0.25, -0.2) is 0 Å². The van der Waals surface area contributed by atoms with E-state index in [1.165, 1.54) is 5.56 Å². The second-order valence-corrected chi connectivity index (χ2v) is 6.07. The topological polar surface area (TPSA) is 53.3 Å². The number of piperidine rings is 1. The first-order chi connectivity index (χ1) is 10.6. The lowest BCUT2D eigenvalue weighted by atomic mass is 9.73. The van der Waals surface area contributed by atoms with E-state index in [1.807, 2.05) is 6.07 Å². The van der Waals surface area contributed by atoms with Gasteiger partial charge in [-0.15, -0.1) is 0 Å². The minimum atomic E-state index is -1.02. The van der Waals surface area contributed by atoms with Crippen LogP contribution >= 0.6 is 0 Å². The van der Waals surface area contributed by atoms with Gasteiger partial charge in [0.05, 0.1) is 12.7 Å². The molecule has 1 aliphatic rings. The lowest BCUT2D eigenvalue weighted by Crippen LogP contribution is -2.43. The molecule has 2 rings (SSSR count). The van der Waals surface area contributed by atoms with Gasteiger partial charge in [0.25, 0.3) is 0 Å². The van der Waals surface area contributed by atoms with Gasteiger partial charge in [-0.2, -0.15) is 5.26 Å². The Morgan fingerprint density at radius 1 is 1.36 bits per heavy atom. The summed E-state index contributed by atoms with van der Waals surface area (Å²) in [5.74, 6) is -0.303. The molecule has 0 aliphatic carbocycles. The molecule has 1 unspecified atom stereocenters. The first-order valence-electron chi connectivity index (χ1n) is 7.95. The average Bonchev–Trinajstić information content (AvgIpc) is 2.56. The van der Waals surface area contributed by atoms with Crippen LogP contribution in [0.15, 0.2) is 30.3 Å². The van der Waals surface area contributed by atoms with Crippen LogP contribution in [0.2, 0.25) is 0 Å². The van der Waals surface area contributed by atoms with Crippen LogP contribution in [0.25, 0.3) is 0 Å². The van der Waals surface area contributed by atoms with E-state index < -0.39 is 5.41 Å². The fraction of sp³-hybridized carbons (Fsp3) is 0.556. The van der Waals surface area contributed by atoms with Crippen LogP contribution in [0, 0.1) is 22.7 Å². The molecular weight excluding hydrogens is 276 g/mol. The molecule has 1 aliphatic heterocycles. The number of benzene rings is 1. The molecule has 0 spiro atoms. The highest BCUT2D eigenvalue weighted by atomic mass is 16.5. The van der Waals surface area contributed by atoms with E-state index in [4.69, 9.17) is 4.74 Å². The number of hydrogen-bond acceptors (Lipinski definition) is 4. The van der Waals surface area contributed by atoms with Gasteiger partial charge in [-0.1, -0.05) is 30.3 Å². The normalized spacial score (nSPS) is 19.1. The predicted molar refractivity (Wildman–Crippen MR) is 84.8 cm³/mol. The summed E-state index contributed by atoms with van der Waals surface area (Å²) in [6, 6.07) is 12.6. The molecule has 0 saturated carbocycles. The van der Waals surface area contributed by atoms with Crippen LogP contribution in [0.5, 0.6) is 0 Å². The smallest absolute Gasteiger partial charge is 0.326 e. The van der Waals surface area contributed by atoms with Gasteiger partial charge in [-0.05, 0) is 51.3 Å². The highest BCUT2D eigenvalue weighted by molar-refractivity contribution is 5.80. The molecule has 4 heteroatoms. The number of carbonyl (C=O) groups is 1. The fourth-order valence-corrected chi connectivity index (χ4v) is 3.09. The van der Waals surface area contributed by atoms with E-state index >= 15 is 0 Å². The molecule has 0 radical (unpaired) electrons. The van der Waals surface area contributed by atoms with Crippen molar-refractivity contribution in [3.8, 4) is 6.07 Å². The van der Waals surface area contributed by atoms with Crippen molar-refractivity contribution >= 4 is 5.97 Å². The first kappa shape index (κ1) is 16.5. The van der Waals surface area contributed by atoms with Gasteiger partial charge in [-0.3, -0.25) is 9.69 Å². The Morgan fingerprint density at radius 2 is 2.00 bits per heavy atom. The first-order valence-corrected chi connectivity index (χ1v) is 7.95. The summed E-state index contributed by atoms with van der Waals surface area (Å²) in [7, 11) is 0. The average molecular weight is 300 g/mol. The maximum absolute atomic E-state index is 12.1. The number of ether oxygens (including phenoxy) is 1. The van der Waals surface area contributed by atoms with Gasteiger partial charge >= 0.3 is 5.97 Å². The molecule has 0 N–H and O–H groups in total. The van der Waals surface area contributed by atoms with Crippen LogP contribution in [0.4, 0.5) is 0 Å². The lowest BCUT2D eigenvalue weighted by Gasteiger charge is -2.37. The Kier molecular flexibility index (Phi) is 5.57. The SMILES string of the molecule is CCOC(=O)C(C)(C#N)C1CCN(Cc2ccccc2)CC1. The molecule has 4 nitrogen and oxygen atoms in total. The van der Waals surface area contributed by atoms with Crippen molar-refractivity contribution in [2.75, 3.05) is 19.7 Å². The van der Waals surface area contributed by atoms with Crippen molar-refractivity contribution in [1.82, 2.24) is 4.90 Å². The predicted octanol–water partition coefficient (Wildman–Crippen LogP) is 2.99. The quantitative estimate of drug-likeness (QED) is 0.784. The molecule has 1 heterocycles. The summed E-state index contributed by atoms with van der Waals surface area (Å²) >= 11 is 0. The molecule has 0 bridgehead atoms. The molecule has 22 heavy (non-hydrogen) atoms. The van der Waals surface area contributed by atoms with Gasteiger partial charge in [0.1, 0.15) is 0 Å². The van der Waals surface area contributed by atoms with Crippen LogP contribution in [-0.4, -0.2) is 30.6 Å². The maximum Gasteiger partial charge on any atom is 0.326 e. The fourth-order valence-electron chi connectivity index (χ4n) is 3.09. The molecule has 0 amide bonds. The van der Waals surface area contributed by atoms with E-state index in [-0.39, 0.29) is 11.9 Å². The summed E-state index contributed by atoms with van der Waals surface area (Å²) in [6.45, 7) is 6.58. The van der Waals surface area contributed by atoms with Crippen LogP contribution in [0.3, 0.4) is 0 Å². The third-order valence-electron chi connectivity index (χ3n) is 4.58. The molecule has 0 aromatic heterocycles. The number of esters is 1. The van der Waals surface area contributed by atoms with Crippen LogP contribution in [0.1, 0.15) is 32.3 Å². The summed E-state index contributed by atoms with van der Waals surface area (Å²) in [5, 5.41) is 9.47. The van der Waals surface area contributed by atoms with Gasteiger partial charge in [0, 0.05) is 6.54 Å². The third kappa shape index (κ3) is 3.66. The van der Waals surface area contributed by atoms with Crippen molar-refractivity contribution in [2.24, 2.45) is 11.3 Å². The number of hydrogen-bond donors (Lipinski definition) is 0. The number of likely N-dealkylation sites (tertiary alicyclic amines) is 1. The second-order valence-electron chi connectivity index (χ2n) is 6.07. The third-order valence-corrected chi connectivity index (χ3v) is 4.58. The molecule has 1 atom stereocenters. The Balaban J connectivity index is 1.93. The molecule has 1 saturated heterocycles. The molecule has 118 valence electrons. The zero-order chi connectivity index (χ0) is 16.0. The standard InChI is InChI=1S/C18H24N2O2/c1-3-22-17(21)18(2,14-19)16-9-11-20(12-10-16)13-15-7-5-4-6-8-15/h4-8,16H,3,9-13H2,1-2H3. The maximum atomic E-state index is 12.1. The lowest BCUT2D eigenvalue weighted by molar-refractivity contribution is -0.154. The van der Waals surface area contributed by atoms with E-state index in [9.17, 15) is 10.1 Å². The Bertz CT molecular complexity index is 530. The molecular formula is C18H24N2O2. The summed E-state index contributed by atoms with van der Waals surface area (Å²) in [4.78, 5) is 14.5. The van der Waals surface area contributed by atoms with Crippen LogP contribution < -0.4 is 0 Å². The zero-order valence-electron chi connectivity index (χ0n) is 13.4. The number of nitriles is 1. The van der Waals surface area contributed by atoms with Crippen molar-refractivity contribution < 1.29 is 9.53 Å². The van der Waals surface area contributed by atoms with Gasteiger partial charge in [0.2, 0.25) is 0 Å². The number of nitrogens with zero attached hydrogens (tertiary/aromatic N) is 2. The van der Waals surface area contributed by atoms with E-state index in [2.05, 4.69) is 35.2 Å². The van der Waals surface area contributed by atoms with Gasteiger partial charge in [0.15, 0.2) is 5.41 Å². The monoisotopic (exact) mass is 300 g/mol. The number of carbonyl (C=O) groups excluding carboxylic acids is 1. The van der Waals surface area contributed by atoms with Gasteiger partial charge < -0.3 is 4.74 Å². The number of rotatable bonds is 5. The van der Waals surface area contributed by atoms with E-state index in [1.54, 1.807) is 13.8 Å². The summed E-state index contributed by atoms with van der Waals surface area (Å²) in [5.41, 5.74) is 0.281. The highest BCUT2D eigenvalue weighted by Crippen LogP contribution is 2.36. The van der Waals surface area contributed by atoms with E-state index in [0.717, 1.165) is 32.5 Å². The van der Waals surface area contributed by atoms with Crippen molar-refractivity contribution in [1.29, 1.82) is 5.26 Å². The summed E-state index contributed by atoms with van der Waals surface area (Å²) in [6.07, 6.45) is 1.71. The van der Waals surface area contributed by atoms with E-state index in [0.29, 0.717) is 6.61 Å². The summed E-state index contributed by atoms with van der Waals surface area (Å²) < 4.78 is 5.10. The second kappa shape index (κ2) is 7.42. The molecule has 1 fully saturated rings. The Labute approximate surface area is 132 Å². The molecule has 1 aromatic rings. The molecule has 1 aromatic carbocycles. The minimum absolute atomic E-state index is 0.0728. The minimum Gasteiger partial charge on any atom is -0.465 e. The highest BCUT2D eigenvalue weighted by Gasteiger charge is 2.44. The largest absolute Gasteiger partial charge is 0.465 e. The zero-order valence-corrected chi connectivity index (χ0v) is 13.4. The van der Waals surface area contributed by atoms with Crippen molar-refractivity contribution in [2.45, 2.75) is 33.2 Å². The van der Waals surface area contributed by atoms with Crippen LogP contribution in [-0.2, 0) is 16.1 Å². The Morgan fingerprint density at radius 3 is 2.55 bits per heavy atom. The Hall–Kier alpha value is -1.86. The van der Waals surface area contributed by atoms with Crippen molar-refractivity contribution in [3.63, 3.8) is 0 Å².